The first-order valence-corrected chi connectivity index (χ1v) is 6.33. The predicted molar refractivity (Wildman–Crippen MR) is 69.9 cm³/mol. The van der Waals surface area contributed by atoms with E-state index in [2.05, 4.69) is 25.8 Å². The van der Waals surface area contributed by atoms with Gasteiger partial charge in [0.05, 0.1) is 6.04 Å². The molecule has 1 unspecified atom stereocenters. The summed E-state index contributed by atoms with van der Waals surface area (Å²) in [6.45, 7) is 0.876. The standard InChI is InChI=1S/C11H12N6O4/c18-7-5(4-13-10(20)14-7)8(19)15-11-17-16-9(21-11)6-2-1-3-12-6/h4,6,12H,1-3H2,(H,15,17,19)(H2,13,14,18,20). The molecule has 1 fully saturated rings. The molecule has 1 aliphatic heterocycles. The first-order valence-electron chi connectivity index (χ1n) is 6.33. The molecule has 2 aromatic heterocycles. The second-order valence-electron chi connectivity index (χ2n) is 4.53. The van der Waals surface area contributed by atoms with E-state index in [4.69, 9.17) is 4.42 Å². The highest BCUT2D eigenvalue weighted by molar-refractivity contribution is 6.02. The van der Waals surface area contributed by atoms with Crippen molar-refractivity contribution in [3.8, 4) is 0 Å². The minimum absolute atomic E-state index is 0.0142. The van der Waals surface area contributed by atoms with E-state index in [0.717, 1.165) is 25.6 Å². The maximum Gasteiger partial charge on any atom is 0.325 e. The van der Waals surface area contributed by atoms with Crippen LogP contribution in [-0.4, -0.2) is 32.6 Å². The van der Waals surface area contributed by atoms with Crippen molar-refractivity contribution in [3.05, 3.63) is 38.5 Å². The van der Waals surface area contributed by atoms with Gasteiger partial charge in [-0.05, 0) is 19.4 Å². The minimum atomic E-state index is -0.798. The average Bonchev–Trinajstić information content (AvgIpc) is 3.08. The Bertz CT molecular complexity index is 769. The summed E-state index contributed by atoms with van der Waals surface area (Å²) in [7, 11) is 0. The van der Waals surface area contributed by atoms with Gasteiger partial charge in [-0.2, -0.15) is 0 Å². The van der Waals surface area contributed by atoms with Crippen molar-refractivity contribution in [2.75, 3.05) is 11.9 Å². The summed E-state index contributed by atoms with van der Waals surface area (Å²) in [4.78, 5) is 38.4. The molecule has 2 aromatic rings. The number of aromatic amines is 2. The van der Waals surface area contributed by atoms with E-state index in [1.165, 1.54) is 0 Å². The highest BCUT2D eigenvalue weighted by Gasteiger charge is 2.23. The Morgan fingerprint density at radius 2 is 2.24 bits per heavy atom. The second-order valence-corrected chi connectivity index (χ2v) is 4.53. The third-order valence-corrected chi connectivity index (χ3v) is 3.08. The summed E-state index contributed by atoms with van der Waals surface area (Å²) >= 11 is 0. The first kappa shape index (κ1) is 13.2. The fourth-order valence-electron chi connectivity index (χ4n) is 2.06. The lowest BCUT2D eigenvalue weighted by Crippen LogP contribution is -2.29. The van der Waals surface area contributed by atoms with Crippen LogP contribution >= 0.6 is 0 Å². The molecule has 1 aliphatic rings. The molecule has 0 aliphatic carbocycles. The summed E-state index contributed by atoms with van der Waals surface area (Å²) in [6.07, 6.45) is 2.92. The van der Waals surface area contributed by atoms with E-state index in [-0.39, 0.29) is 17.6 Å². The SMILES string of the molecule is O=C(Nc1nnc(C2CCCN2)o1)c1c[nH]c(=O)[nH]c1=O. The summed E-state index contributed by atoms with van der Waals surface area (Å²) < 4.78 is 5.32. The molecule has 4 N–H and O–H groups in total. The zero-order chi connectivity index (χ0) is 14.8. The molecule has 0 spiro atoms. The monoisotopic (exact) mass is 292 g/mol. The molecule has 3 rings (SSSR count). The number of aromatic nitrogens is 4. The van der Waals surface area contributed by atoms with E-state index >= 15 is 0 Å². The molecule has 1 amide bonds. The van der Waals surface area contributed by atoms with Crippen LogP contribution in [0.5, 0.6) is 0 Å². The fraction of sp³-hybridized carbons (Fsp3) is 0.364. The maximum absolute atomic E-state index is 11.9. The summed E-state index contributed by atoms with van der Waals surface area (Å²) in [5.41, 5.74) is -1.74. The van der Waals surface area contributed by atoms with E-state index < -0.39 is 17.2 Å². The van der Waals surface area contributed by atoms with Crippen molar-refractivity contribution in [1.29, 1.82) is 0 Å². The van der Waals surface area contributed by atoms with Gasteiger partial charge < -0.3 is 14.7 Å². The average molecular weight is 292 g/mol. The van der Waals surface area contributed by atoms with Crippen LogP contribution in [0, 0.1) is 0 Å². The van der Waals surface area contributed by atoms with Crippen molar-refractivity contribution in [2.45, 2.75) is 18.9 Å². The Kier molecular flexibility index (Phi) is 3.36. The van der Waals surface area contributed by atoms with Gasteiger partial charge in [-0.15, -0.1) is 5.10 Å². The van der Waals surface area contributed by atoms with Crippen molar-refractivity contribution in [3.63, 3.8) is 0 Å². The van der Waals surface area contributed by atoms with Crippen LogP contribution in [0.1, 0.15) is 35.1 Å². The Morgan fingerprint density at radius 1 is 1.38 bits per heavy atom. The number of nitrogens with zero attached hydrogens (tertiary/aromatic N) is 2. The van der Waals surface area contributed by atoms with Gasteiger partial charge in [0.15, 0.2) is 0 Å². The first-order chi connectivity index (χ1) is 10.1. The van der Waals surface area contributed by atoms with E-state index in [0.29, 0.717) is 5.89 Å². The molecule has 0 saturated carbocycles. The number of rotatable bonds is 3. The normalized spacial score (nSPS) is 17.8. The van der Waals surface area contributed by atoms with Gasteiger partial charge in [0.2, 0.25) is 5.89 Å². The quantitative estimate of drug-likeness (QED) is 0.574. The molecule has 1 saturated heterocycles. The van der Waals surface area contributed by atoms with Gasteiger partial charge in [0.25, 0.3) is 11.5 Å². The summed E-state index contributed by atoms with van der Waals surface area (Å²) in [5, 5.41) is 13.0. The molecule has 10 heteroatoms. The van der Waals surface area contributed by atoms with E-state index in [1.807, 2.05) is 4.98 Å². The molecule has 10 nitrogen and oxygen atoms in total. The number of H-pyrrole nitrogens is 2. The Morgan fingerprint density at radius 3 is 2.95 bits per heavy atom. The van der Waals surface area contributed by atoms with E-state index in [9.17, 15) is 14.4 Å². The number of carbonyl (C=O) groups is 1. The van der Waals surface area contributed by atoms with Crippen LogP contribution in [-0.2, 0) is 0 Å². The number of carbonyl (C=O) groups excluding carboxylic acids is 1. The van der Waals surface area contributed by atoms with E-state index in [1.54, 1.807) is 0 Å². The number of amides is 1. The number of hydrogen-bond acceptors (Lipinski definition) is 7. The van der Waals surface area contributed by atoms with Gasteiger partial charge in [-0.3, -0.25) is 19.9 Å². The van der Waals surface area contributed by atoms with Crippen LogP contribution in [0.15, 0.2) is 20.2 Å². The molecule has 1 atom stereocenters. The van der Waals surface area contributed by atoms with Gasteiger partial charge in [-0.25, -0.2) is 4.79 Å². The number of nitrogens with one attached hydrogen (secondary N) is 4. The molecule has 110 valence electrons. The van der Waals surface area contributed by atoms with Crippen molar-refractivity contribution < 1.29 is 9.21 Å². The van der Waals surface area contributed by atoms with Crippen molar-refractivity contribution >= 4 is 11.9 Å². The maximum atomic E-state index is 11.9. The lowest BCUT2D eigenvalue weighted by Gasteiger charge is -2.02. The zero-order valence-corrected chi connectivity index (χ0v) is 10.8. The Balaban J connectivity index is 1.75. The number of anilines is 1. The van der Waals surface area contributed by atoms with Crippen LogP contribution in [0.2, 0.25) is 0 Å². The van der Waals surface area contributed by atoms with Gasteiger partial charge >= 0.3 is 11.7 Å². The predicted octanol–water partition coefficient (Wildman–Crippen LogP) is -0.877. The minimum Gasteiger partial charge on any atom is -0.406 e. The second kappa shape index (κ2) is 5.32. The summed E-state index contributed by atoms with van der Waals surface area (Å²) in [5.74, 6) is -0.361. The smallest absolute Gasteiger partial charge is 0.325 e. The Labute approximate surface area is 117 Å². The largest absolute Gasteiger partial charge is 0.406 e. The van der Waals surface area contributed by atoms with Crippen LogP contribution in [0.4, 0.5) is 6.01 Å². The topological polar surface area (TPSA) is 146 Å². The molecule has 0 aromatic carbocycles. The third-order valence-electron chi connectivity index (χ3n) is 3.08. The zero-order valence-electron chi connectivity index (χ0n) is 10.8. The van der Waals surface area contributed by atoms with Gasteiger partial charge in [0, 0.05) is 6.20 Å². The summed E-state index contributed by atoms with van der Waals surface area (Å²) in [6, 6.07) is -0.117. The number of hydrogen-bond donors (Lipinski definition) is 4. The molecule has 3 heterocycles. The van der Waals surface area contributed by atoms with Gasteiger partial charge in [-0.1, -0.05) is 5.10 Å². The Hall–Kier alpha value is -2.75. The van der Waals surface area contributed by atoms with Crippen LogP contribution < -0.4 is 21.9 Å². The van der Waals surface area contributed by atoms with Crippen LogP contribution in [0.3, 0.4) is 0 Å². The molecular formula is C11H12N6O4. The van der Waals surface area contributed by atoms with Gasteiger partial charge in [0.1, 0.15) is 5.56 Å². The molecule has 0 bridgehead atoms. The third kappa shape index (κ3) is 2.74. The lowest BCUT2D eigenvalue weighted by atomic mass is 10.2. The van der Waals surface area contributed by atoms with Crippen LogP contribution in [0.25, 0.3) is 0 Å². The lowest BCUT2D eigenvalue weighted by molar-refractivity contribution is 0.102. The van der Waals surface area contributed by atoms with Crippen molar-refractivity contribution in [2.24, 2.45) is 0 Å². The molecule has 0 radical (unpaired) electrons. The van der Waals surface area contributed by atoms with Crippen molar-refractivity contribution in [1.82, 2.24) is 25.5 Å². The fourth-order valence-corrected chi connectivity index (χ4v) is 2.06. The highest BCUT2D eigenvalue weighted by Crippen LogP contribution is 2.22. The highest BCUT2D eigenvalue weighted by atomic mass is 16.4. The molecule has 21 heavy (non-hydrogen) atoms. The molecular weight excluding hydrogens is 280 g/mol.